The SMILES string of the molecule is CC(C)(C)O[C@@H](C[Si](C)(c1ccccc1)c1ccccc1)[C@H]1CCCN1. The first-order chi connectivity index (χ1) is 12.4. The van der Waals surface area contributed by atoms with Crippen LogP contribution >= 0.6 is 0 Å². The maximum atomic E-state index is 6.63. The van der Waals surface area contributed by atoms with Crippen molar-refractivity contribution in [2.75, 3.05) is 6.54 Å². The maximum absolute atomic E-state index is 6.63. The van der Waals surface area contributed by atoms with Gasteiger partial charge in [-0.3, -0.25) is 0 Å². The molecule has 0 radical (unpaired) electrons. The molecule has 0 spiro atoms. The Morgan fingerprint density at radius 2 is 1.54 bits per heavy atom. The molecule has 1 fully saturated rings. The van der Waals surface area contributed by atoms with E-state index in [2.05, 4.69) is 93.3 Å². The van der Waals surface area contributed by atoms with Crippen molar-refractivity contribution in [2.24, 2.45) is 0 Å². The molecular formula is C23H33NOSi. The van der Waals surface area contributed by atoms with Gasteiger partial charge in [-0.25, -0.2) is 0 Å². The Morgan fingerprint density at radius 1 is 1.00 bits per heavy atom. The van der Waals surface area contributed by atoms with Gasteiger partial charge in [-0.05, 0) is 46.2 Å². The molecule has 1 saturated heterocycles. The van der Waals surface area contributed by atoms with Crippen molar-refractivity contribution < 1.29 is 4.74 Å². The first kappa shape index (κ1) is 19.3. The number of rotatable bonds is 6. The fraction of sp³-hybridized carbons (Fsp3) is 0.478. The zero-order valence-electron chi connectivity index (χ0n) is 16.7. The van der Waals surface area contributed by atoms with Gasteiger partial charge in [-0.1, -0.05) is 77.6 Å². The lowest BCUT2D eigenvalue weighted by atomic mass is 10.1. The molecule has 3 rings (SSSR count). The van der Waals surface area contributed by atoms with E-state index in [1.54, 1.807) is 0 Å². The van der Waals surface area contributed by atoms with Gasteiger partial charge in [0.2, 0.25) is 0 Å². The minimum atomic E-state index is -1.90. The van der Waals surface area contributed by atoms with Crippen LogP contribution in [0.15, 0.2) is 60.7 Å². The summed E-state index contributed by atoms with van der Waals surface area (Å²) in [5.41, 5.74) is -0.127. The molecule has 0 aromatic heterocycles. The van der Waals surface area contributed by atoms with Crippen LogP contribution in [0, 0.1) is 0 Å². The fourth-order valence-electron chi connectivity index (χ4n) is 4.17. The molecule has 1 aliphatic rings. The Labute approximate surface area is 160 Å². The molecular weight excluding hydrogens is 334 g/mol. The standard InChI is InChI=1S/C23H33NOSi/c1-23(2,3)25-22(21-16-11-17-24-21)18-26(4,19-12-7-5-8-13-19)20-14-9-6-10-15-20/h5-10,12-15,21-22,24H,11,16-18H2,1-4H3/t21-,22+/m1/s1. The molecule has 0 unspecified atom stereocenters. The highest BCUT2D eigenvalue weighted by Gasteiger charge is 2.39. The smallest absolute Gasteiger partial charge is 0.117 e. The summed E-state index contributed by atoms with van der Waals surface area (Å²) in [4.78, 5) is 0. The predicted molar refractivity (Wildman–Crippen MR) is 114 cm³/mol. The molecule has 2 nitrogen and oxygen atoms in total. The average molecular weight is 368 g/mol. The summed E-state index contributed by atoms with van der Waals surface area (Å²) in [5, 5.41) is 6.69. The summed E-state index contributed by atoms with van der Waals surface area (Å²) in [6, 6.07) is 23.8. The Kier molecular flexibility index (Phi) is 6.01. The summed E-state index contributed by atoms with van der Waals surface area (Å²) in [6.07, 6.45) is 2.72. The second-order valence-electron chi connectivity index (χ2n) is 8.74. The molecule has 140 valence electrons. The van der Waals surface area contributed by atoms with Crippen LogP contribution in [-0.2, 0) is 4.74 Å². The van der Waals surface area contributed by atoms with Crippen LogP contribution in [0.3, 0.4) is 0 Å². The summed E-state index contributed by atoms with van der Waals surface area (Å²) in [6.45, 7) is 10.2. The average Bonchev–Trinajstić information content (AvgIpc) is 3.16. The molecule has 2 atom stereocenters. The van der Waals surface area contributed by atoms with Crippen molar-refractivity contribution in [3.63, 3.8) is 0 Å². The van der Waals surface area contributed by atoms with Crippen molar-refractivity contribution in [2.45, 2.75) is 64.0 Å². The monoisotopic (exact) mass is 367 g/mol. The van der Waals surface area contributed by atoms with Gasteiger partial charge < -0.3 is 10.1 Å². The molecule has 1 heterocycles. The van der Waals surface area contributed by atoms with Gasteiger partial charge in [0.25, 0.3) is 0 Å². The third-order valence-electron chi connectivity index (χ3n) is 5.48. The topological polar surface area (TPSA) is 21.3 Å². The van der Waals surface area contributed by atoms with E-state index in [9.17, 15) is 0 Å². The van der Waals surface area contributed by atoms with E-state index in [1.165, 1.54) is 23.2 Å². The van der Waals surface area contributed by atoms with E-state index < -0.39 is 8.07 Å². The van der Waals surface area contributed by atoms with E-state index in [0.717, 1.165) is 12.6 Å². The number of hydrogen-bond donors (Lipinski definition) is 1. The maximum Gasteiger partial charge on any atom is 0.117 e. The predicted octanol–water partition coefficient (Wildman–Crippen LogP) is 3.82. The van der Waals surface area contributed by atoms with Crippen LogP contribution < -0.4 is 15.7 Å². The van der Waals surface area contributed by atoms with E-state index in [0.29, 0.717) is 6.04 Å². The molecule has 26 heavy (non-hydrogen) atoms. The highest BCUT2D eigenvalue weighted by atomic mass is 28.3. The molecule has 0 saturated carbocycles. The molecule has 0 aliphatic carbocycles. The van der Waals surface area contributed by atoms with Gasteiger partial charge in [-0.15, -0.1) is 0 Å². The van der Waals surface area contributed by atoms with Gasteiger partial charge in [0, 0.05) is 6.04 Å². The zero-order chi connectivity index (χ0) is 18.6. The summed E-state index contributed by atoms with van der Waals surface area (Å²) in [5.74, 6) is 0. The summed E-state index contributed by atoms with van der Waals surface area (Å²) in [7, 11) is -1.90. The second kappa shape index (κ2) is 8.08. The first-order valence-corrected chi connectivity index (χ1v) is 12.6. The number of hydrogen-bond acceptors (Lipinski definition) is 2. The Hall–Kier alpha value is -1.42. The fourth-order valence-corrected chi connectivity index (χ4v) is 8.00. The number of nitrogens with one attached hydrogen (secondary N) is 1. The highest BCUT2D eigenvalue weighted by Crippen LogP contribution is 2.26. The molecule has 3 heteroatoms. The highest BCUT2D eigenvalue weighted by molar-refractivity contribution is 7.01. The first-order valence-electron chi connectivity index (χ1n) is 9.91. The minimum Gasteiger partial charge on any atom is -0.371 e. The zero-order valence-corrected chi connectivity index (χ0v) is 17.7. The molecule has 0 bridgehead atoms. The van der Waals surface area contributed by atoms with Crippen LogP contribution in [0.25, 0.3) is 0 Å². The summed E-state index contributed by atoms with van der Waals surface area (Å²) < 4.78 is 6.63. The Balaban J connectivity index is 1.97. The Morgan fingerprint density at radius 3 is 1.96 bits per heavy atom. The van der Waals surface area contributed by atoms with E-state index in [1.807, 2.05) is 0 Å². The van der Waals surface area contributed by atoms with Crippen molar-refractivity contribution in [3.8, 4) is 0 Å². The molecule has 1 N–H and O–H groups in total. The van der Waals surface area contributed by atoms with E-state index in [-0.39, 0.29) is 11.7 Å². The van der Waals surface area contributed by atoms with E-state index >= 15 is 0 Å². The van der Waals surface area contributed by atoms with Crippen LogP contribution in [0.4, 0.5) is 0 Å². The second-order valence-corrected chi connectivity index (χ2v) is 13.0. The minimum absolute atomic E-state index is 0.127. The van der Waals surface area contributed by atoms with Crippen LogP contribution in [0.1, 0.15) is 33.6 Å². The van der Waals surface area contributed by atoms with Gasteiger partial charge in [0.1, 0.15) is 8.07 Å². The van der Waals surface area contributed by atoms with Crippen LogP contribution in [0.5, 0.6) is 0 Å². The van der Waals surface area contributed by atoms with Crippen molar-refractivity contribution in [1.29, 1.82) is 0 Å². The van der Waals surface area contributed by atoms with Crippen molar-refractivity contribution >= 4 is 18.4 Å². The van der Waals surface area contributed by atoms with Crippen molar-refractivity contribution in [3.05, 3.63) is 60.7 Å². The van der Waals surface area contributed by atoms with Gasteiger partial charge in [-0.2, -0.15) is 0 Å². The van der Waals surface area contributed by atoms with Crippen LogP contribution in [0.2, 0.25) is 12.6 Å². The van der Waals surface area contributed by atoms with E-state index in [4.69, 9.17) is 4.74 Å². The number of ether oxygens (including phenoxy) is 1. The summed E-state index contributed by atoms with van der Waals surface area (Å²) >= 11 is 0. The molecule has 1 aliphatic heterocycles. The van der Waals surface area contributed by atoms with Gasteiger partial charge >= 0.3 is 0 Å². The number of benzene rings is 2. The quantitative estimate of drug-likeness (QED) is 0.784. The van der Waals surface area contributed by atoms with Gasteiger partial charge in [0.05, 0.1) is 11.7 Å². The van der Waals surface area contributed by atoms with Gasteiger partial charge in [0.15, 0.2) is 0 Å². The third-order valence-corrected chi connectivity index (χ3v) is 9.92. The van der Waals surface area contributed by atoms with Crippen molar-refractivity contribution in [1.82, 2.24) is 5.32 Å². The largest absolute Gasteiger partial charge is 0.371 e. The normalized spacial score (nSPS) is 19.5. The lowest BCUT2D eigenvalue weighted by molar-refractivity contribution is -0.0640. The third kappa shape index (κ3) is 4.64. The lowest BCUT2D eigenvalue weighted by Crippen LogP contribution is -2.59. The Bertz CT molecular complexity index is 635. The van der Waals surface area contributed by atoms with Crippen LogP contribution in [-0.4, -0.2) is 32.4 Å². The lowest BCUT2D eigenvalue weighted by Gasteiger charge is -2.38. The molecule has 2 aromatic carbocycles. The molecule has 0 amide bonds. The molecule has 2 aromatic rings.